The number of fused-ring (bicyclic) bond motifs is 1. The molecule has 0 amide bonds. The number of aryl methyl sites for hydroxylation is 4. The largest absolute Gasteiger partial charge is 0.373 e. The molecule has 5 nitrogen and oxygen atoms in total. The summed E-state index contributed by atoms with van der Waals surface area (Å²) in [4.78, 5) is 23.9. The van der Waals surface area contributed by atoms with Crippen molar-refractivity contribution in [3.8, 4) is 5.69 Å². The van der Waals surface area contributed by atoms with Crippen LogP contribution in [0.2, 0.25) is 0 Å². The minimum Gasteiger partial charge on any atom is -0.371 e. The number of hydrogen-bond donors (Lipinski definition) is 0. The molecule has 0 N–H and O–H groups in total. The van der Waals surface area contributed by atoms with E-state index in [9.17, 15) is 0 Å². The summed E-state index contributed by atoms with van der Waals surface area (Å²) in [5.41, 5.74) is 9.97. The minimum atomic E-state index is 0.250. The predicted octanol–water partition coefficient (Wildman–Crippen LogP) is 5.98. The van der Waals surface area contributed by atoms with Gasteiger partial charge in [0.2, 0.25) is 0 Å². The maximum atomic E-state index is 8.12. The molecule has 1 aliphatic rings. The molecule has 0 atom stereocenters. The van der Waals surface area contributed by atoms with Crippen LogP contribution in [0, 0.1) is 40.5 Å². The summed E-state index contributed by atoms with van der Waals surface area (Å²) in [6, 6.07) is 6.69. The Balaban J connectivity index is 0.000000858. The van der Waals surface area contributed by atoms with E-state index in [1.54, 1.807) is 0 Å². The highest BCUT2D eigenvalue weighted by Crippen LogP contribution is 2.38. The molecule has 6 heteroatoms. The van der Waals surface area contributed by atoms with Crippen LogP contribution in [0.5, 0.6) is 0 Å². The quantitative estimate of drug-likeness (QED) is 0.449. The monoisotopic (exact) mass is 483 g/mol. The summed E-state index contributed by atoms with van der Waals surface area (Å²) in [5.74, 6) is 0.829. The van der Waals surface area contributed by atoms with Crippen molar-refractivity contribution in [3.63, 3.8) is 0 Å². The van der Waals surface area contributed by atoms with Gasteiger partial charge >= 0.3 is 6.15 Å². The zero-order valence-electron chi connectivity index (χ0n) is 19.2. The number of benzene rings is 1. The van der Waals surface area contributed by atoms with Crippen LogP contribution in [-0.4, -0.2) is 28.8 Å². The Bertz CT molecular complexity index is 1130. The van der Waals surface area contributed by atoms with Gasteiger partial charge in [-0.3, -0.25) is 4.57 Å². The van der Waals surface area contributed by atoms with Gasteiger partial charge in [-0.1, -0.05) is 22.9 Å². The number of nitrogens with zero attached hydrogens (tertiary/aromatic N) is 3. The summed E-state index contributed by atoms with van der Waals surface area (Å²) >= 11 is 3.64. The first-order valence-electron chi connectivity index (χ1n) is 10.7. The number of rotatable bonds is 2. The molecule has 4 rings (SSSR count). The number of piperidine rings is 1. The SMILES string of the molecule is Cc1cc(N2CCC(C)CC2)c2c(C)c(C)n(-c3c(C)cc(Br)cc3C)c2n1.O=C=O. The van der Waals surface area contributed by atoms with E-state index in [2.05, 4.69) is 85.1 Å². The summed E-state index contributed by atoms with van der Waals surface area (Å²) in [6.07, 6.45) is 2.79. The van der Waals surface area contributed by atoms with Crippen molar-refractivity contribution < 1.29 is 9.59 Å². The maximum absolute atomic E-state index is 8.12. The van der Waals surface area contributed by atoms with E-state index in [-0.39, 0.29) is 6.15 Å². The topological polar surface area (TPSA) is 55.2 Å². The second-order valence-electron chi connectivity index (χ2n) is 8.67. The van der Waals surface area contributed by atoms with Crippen LogP contribution >= 0.6 is 15.9 Å². The van der Waals surface area contributed by atoms with Crippen LogP contribution in [0.25, 0.3) is 16.7 Å². The molecule has 164 valence electrons. The van der Waals surface area contributed by atoms with Gasteiger partial charge in [0, 0.05) is 40.0 Å². The smallest absolute Gasteiger partial charge is 0.371 e. The van der Waals surface area contributed by atoms with Crippen molar-refractivity contribution in [3.05, 3.63) is 50.8 Å². The fourth-order valence-electron chi connectivity index (χ4n) is 4.70. The fourth-order valence-corrected chi connectivity index (χ4v) is 5.38. The van der Waals surface area contributed by atoms with Crippen LogP contribution in [0.15, 0.2) is 22.7 Å². The summed E-state index contributed by atoms with van der Waals surface area (Å²) in [6.45, 7) is 15.6. The van der Waals surface area contributed by atoms with Gasteiger partial charge in [-0.15, -0.1) is 0 Å². The lowest BCUT2D eigenvalue weighted by Crippen LogP contribution is -2.33. The van der Waals surface area contributed by atoms with Crippen molar-refractivity contribution in [2.75, 3.05) is 18.0 Å². The second kappa shape index (κ2) is 9.37. The number of hydrogen-bond acceptors (Lipinski definition) is 4. The average Bonchev–Trinajstić information content (AvgIpc) is 2.93. The highest BCUT2D eigenvalue weighted by molar-refractivity contribution is 9.10. The van der Waals surface area contributed by atoms with Gasteiger partial charge in [0.1, 0.15) is 5.65 Å². The third kappa shape index (κ3) is 4.46. The van der Waals surface area contributed by atoms with Gasteiger partial charge in [-0.05, 0) is 88.3 Å². The number of pyridine rings is 1. The molecule has 0 unspecified atom stereocenters. The molecule has 31 heavy (non-hydrogen) atoms. The van der Waals surface area contributed by atoms with E-state index in [4.69, 9.17) is 14.6 Å². The molecule has 0 aliphatic carbocycles. The molecule has 0 saturated carbocycles. The third-order valence-electron chi connectivity index (χ3n) is 6.38. The Morgan fingerprint density at radius 1 is 1.00 bits per heavy atom. The molecule has 2 aromatic heterocycles. The fraction of sp³-hybridized carbons (Fsp3) is 0.440. The van der Waals surface area contributed by atoms with Gasteiger partial charge in [0.05, 0.1) is 5.69 Å². The zero-order valence-corrected chi connectivity index (χ0v) is 20.8. The number of halogens is 1. The molecule has 3 heterocycles. The molecule has 1 fully saturated rings. The van der Waals surface area contributed by atoms with E-state index >= 15 is 0 Å². The molecular weight excluding hydrogens is 454 g/mol. The van der Waals surface area contributed by atoms with Crippen LogP contribution in [0.1, 0.15) is 47.8 Å². The molecule has 1 saturated heterocycles. The lowest BCUT2D eigenvalue weighted by Gasteiger charge is -2.33. The van der Waals surface area contributed by atoms with E-state index < -0.39 is 0 Å². The van der Waals surface area contributed by atoms with E-state index in [1.165, 1.54) is 52.0 Å². The molecule has 1 aromatic carbocycles. The Kier molecular flexibility index (Phi) is 7.03. The standard InChI is InChI=1S/C24H30BrN3.CO2/c1-14-7-9-27(10-8-14)21-13-17(4)26-24-22(21)18(5)19(6)28(24)23-15(2)11-20(25)12-16(23)3;2-1-3/h11-14H,7-10H2,1-6H3;. The Morgan fingerprint density at radius 2 is 1.55 bits per heavy atom. The minimum absolute atomic E-state index is 0.250. The zero-order chi connectivity index (χ0) is 22.9. The van der Waals surface area contributed by atoms with Crippen molar-refractivity contribution in [2.45, 2.75) is 54.4 Å². The summed E-state index contributed by atoms with van der Waals surface area (Å²) in [7, 11) is 0. The van der Waals surface area contributed by atoms with E-state index in [1.807, 2.05) is 0 Å². The van der Waals surface area contributed by atoms with Gasteiger partial charge < -0.3 is 4.90 Å². The maximum Gasteiger partial charge on any atom is 0.373 e. The van der Waals surface area contributed by atoms with Crippen molar-refractivity contribution in [1.29, 1.82) is 0 Å². The molecular formula is C25H30BrN3O2. The number of aromatic nitrogens is 2. The third-order valence-corrected chi connectivity index (χ3v) is 6.83. The van der Waals surface area contributed by atoms with Gasteiger partial charge in [0.25, 0.3) is 0 Å². The van der Waals surface area contributed by atoms with Crippen molar-refractivity contribution in [2.24, 2.45) is 5.92 Å². The summed E-state index contributed by atoms with van der Waals surface area (Å²) < 4.78 is 3.51. The number of carbonyl (C=O) groups excluding carboxylic acids is 2. The molecule has 0 radical (unpaired) electrons. The summed E-state index contributed by atoms with van der Waals surface area (Å²) in [5, 5.41) is 1.32. The highest BCUT2D eigenvalue weighted by atomic mass is 79.9. The van der Waals surface area contributed by atoms with Crippen LogP contribution in [-0.2, 0) is 9.59 Å². The predicted molar refractivity (Wildman–Crippen MR) is 128 cm³/mol. The van der Waals surface area contributed by atoms with Gasteiger partial charge in [-0.25, -0.2) is 4.98 Å². The van der Waals surface area contributed by atoms with E-state index in [0.717, 1.165) is 34.8 Å². The second-order valence-corrected chi connectivity index (χ2v) is 9.58. The molecule has 3 aromatic rings. The number of anilines is 1. The molecule has 0 spiro atoms. The van der Waals surface area contributed by atoms with Crippen LogP contribution in [0.4, 0.5) is 5.69 Å². The Labute approximate surface area is 192 Å². The van der Waals surface area contributed by atoms with Gasteiger partial charge in [0.15, 0.2) is 0 Å². The normalized spacial score (nSPS) is 14.4. The van der Waals surface area contributed by atoms with Crippen molar-refractivity contribution in [1.82, 2.24) is 9.55 Å². The Hall–Kier alpha value is -2.43. The van der Waals surface area contributed by atoms with Crippen LogP contribution < -0.4 is 4.90 Å². The van der Waals surface area contributed by atoms with E-state index in [0.29, 0.717) is 0 Å². The Morgan fingerprint density at radius 3 is 2.10 bits per heavy atom. The lowest BCUT2D eigenvalue weighted by molar-refractivity contribution is -0.191. The molecule has 1 aliphatic heterocycles. The van der Waals surface area contributed by atoms with Crippen molar-refractivity contribution >= 4 is 38.8 Å². The highest BCUT2D eigenvalue weighted by Gasteiger charge is 2.24. The molecule has 0 bridgehead atoms. The lowest BCUT2D eigenvalue weighted by atomic mass is 9.98. The van der Waals surface area contributed by atoms with Gasteiger partial charge in [-0.2, -0.15) is 9.59 Å². The first-order valence-corrected chi connectivity index (χ1v) is 11.5. The first kappa shape index (κ1) is 23.2. The average molecular weight is 484 g/mol. The van der Waals surface area contributed by atoms with Crippen LogP contribution in [0.3, 0.4) is 0 Å². The first-order chi connectivity index (χ1) is 14.7.